The van der Waals surface area contributed by atoms with Crippen molar-refractivity contribution in [2.24, 2.45) is 17.3 Å². The summed E-state index contributed by atoms with van der Waals surface area (Å²) in [7, 11) is 0. The van der Waals surface area contributed by atoms with E-state index in [0.29, 0.717) is 5.92 Å². The molecule has 2 aliphatic carbocycles. The SMILES string of the molecule is CCCCNCC1C(=O)OC2CC3(C)CCCC(C)=C3CC21. The third kappa shape index (κ3) is 2.84. The summed E-state index contributed by atoms with van der Waals surface area (Å²) in [5, 5.41) is 3.47. The third-order valence-corrected chi connectivity index (χ3v) is 6.25. The van der Waals surface area contributed by atoms with E-state index in [2.05, 4.69) is 26.1 Å². The molecule has 4 unspecified atom stereocenters. The Labute approximate surface area is 134 Å². The molecule has 1 saturated heterocycles. The molecule has 0 amide bonds. The molecule has 3 nitrogen and oxygen atoms in total. The number of allylic oxidation sites excluding steroid dienone is 2. The fourth-order valence-corrected chi connectivity index (χ4v) is 4.90. The van der Waals surface area contributed by atoms with Crippen LogP contribution in [0.3, 0.4) is 0 Å². The highest BCUT2D eigenvalue weighted by Crippen LogP contribution is 2.54. The van der Waals surface area contributed by atoms with Crippen LogP contribution in [0.15, 0.2) is 11.1 Å². The molecule has 3 rings (SSSR count). The predicted octanol–water partition coefficient (Wildman–Crippen LogP) is 3.83. The first-order chi connectivity index (χ1) is 10.5. The van der Waals surface area contributed by atoms with Gasteiger partial charge < -0.3 is 10.1 Å². The number of ether oxygens (including phenoxy) is 1. The van der Waals surface area contributed by atoms with Gasteiger partial charge in [0.15, 0.2) is 0 Å². The summed E-state index contributed by atoms with van der Waals surface area (Å²) in [6.45, 7) is 8.70. The standard InChI is InChI=1S/C19H31NO2/c1-4-5-9-20-12-15-14-10-16-13(2)7-6-8-19(16,3)11-17(14)22-18(15)21/h14-15,17,20H,4-12H2,1-3H3. The number of fused-ring (bicyclic) bond motifs is 2. The van der Waals surface area contributed by atoms with Crippen LogP contribution in [0.25, 0.3) is 0 Å². The predicted molar refractivity (Wildman–Crippen MR) is 88.5 cm³/mol. The topological polar surface area (TPSA) is 38.3 Å². The average molecular weight is 305 g/mol. The first-order valence-electron chi connectivity index (χ1n) is 9.15. The zero-order valence-electron chi connectivity index (χ0n) is 14.4. The Morgan fingerprint density at radius 2 is 2.23 bits per heavy atom. The molecule has 0 aromatic rings. The van der Waals surface area contributed by atoms with Crippen LogP contribution in [0.1, 0.15) is 65.7 Å². The molecule has 0 spiro atoms. The van der Waals surface area contributed by atoms with Gasteiger partial charge >= 0.3 is 5.97 Å². The number of carbonyl (C=O) groups is 1. The van der Waals surface area contributed by atoms with Gasteiger partial charge in [-0.05, 0) is 57.4 Å². The molecule has 124 valence electrons. The molecule has 1 N–H and O–H groups in total. The maximum absolute atomic E-state index is 12.3. The summed E-state index contributed by atoms with van der Waals surface area (Å²) in [6, 6.07) is 0. The summed E-state index contributed by atoms with van der Waals surface area (Å²) >= 11 is 0. The Bertz CT molecular complexity index is 470. The maximum atomic E-state index is 12.3. The van der Waals surface area contributed by atoms with Crippen molar-refractivity contribution in [2.45, 2.75) is 71.8 Å². The molecule has 0 aromatic carbocycles. The monoisotopic (exact) mass is 305 g/mol. The third-order valence-electron chi connectivity index (χ3n) is 6.25. The fourth-order valence-electron chi connectivity index (χ4n) is 4.90. The van der Waals surface area contributed by atoms with Gasteiger partial charge in [-0.1, -0.05) is 31.4 Å². The van der Waals surface area contributed by atoms with E-state index in [0.717, 1.165) is 25.9 Å². The summed E-state index contributed by atoms with van der Waals surface area (Å²) in [5.41, 5.74) is 3.52. The van der Waals surface area contributed by atoms with E-state index in [1.807, 2.05) is 0 Å². The van der Waals surface area contributed by atoms with Gasteiger partial charge in [0.25, 0.3) is 0 Å². The number of nitrogens with one attached hydrogen (secondary N) is 1. The van der Waals surface area contributed by atoms with Crippen LogP contribution in [0.2, 0.25) is 0 Å². The lowest BCUT2D eigenvalue weighted by Gasteiger charge is -2.45. The van der Waals surface area contributed by atoms with Crippen molar-refractivity contribution in [1.29, 1.82) is 0 Å². The molecule has 0 radical (unpaired) electrons. The molecular formula is C19H31NO2. The van der Waals surface area contributed by atoms with E-state index in [-0.39, 0.29) is 23.4 Å². The van der Waals surface area contributed by atoms with Crippen molar-refractivity contribution in [3.8, 4) is 0 Å². The molecule has 1 aliphatic heterocycles. The van der Waals surface area contributed by atoms with E-state index >= 15 is 0 Å². The minimum atomic E-state index is 0.0412. The van der Waals surface area contributed by atoms with Crippen molar-refractivity contribution in [3.63, 3.8) is 0 Å². The van der Waals surface area contributed by atoms with Gasteiger partial charge in [0.1, 0.15) is 6.10 Å². The van der Waals surface area contributed by atoms with Crippen LogP contribution in [0.5, 0.6) is 0 Å². The number of hydrogen-bond acceptors (Lipinski definition) is 3. The van der Waals surface area contributed by atoms with Gasteiger partial charge in [0, 0.05) is 12.5 Å². The Morgan fingerprint density at radius 3 is 3.00 bits per heavy atom. The van der Waals surface area contributed by atoms with Gasteiger partial charge in [0.05, 0.1) is 5.92 Å². The molecule has 1 heterocycles. The normalized spacial score (nSPS) is 37.8. The number of hydrogen-bond donors (Lipinski definition) is 1. The van der Waals surface area contributed by atoms with Crippen molar-refractivity contribution >= 4 is 5.97 Å². The van der Waals surface area contributed by atoms with Crippen molar-refractivity contribution in [2.75, 3.05) is 13.1 Å². The number of unbranched alkanes of at least 4 members (excludes halogenated alkanes) is 1. The van der Waals surface area contributed by atoms with Crippen molar-refractivity contribution in [3.05, 3.63) is 11.1 Å². The number of esters is 1. The van der Waals surface area contributed by atoms with Gasteiger partial charge in [-0.3, -0.25) is 4.79 Å². The van der Waals surface area contributed by atoms with E-state index in [1.54, 1.807) is 11.1 Å². The van der Waals surface area contributed by atoms with E-state index in [9.17, 15) is 4.79 Å². The average Bonchev–Trinajstić information content (AvgIpc) is 2.76. The quantitative estimate of drug-likeness (QED) is 0.476. The molecular weight excluding hydrogens is 274 g/mol. The Kier molecular flexibility index (Phi) is 4.63. The zero-order valence-corrected chi connectivity index (χ0v) is 14.4. The summed E-state index contributed by atoms with van der Waals surface area (Å²) in [5.74, 6) is 0.505. The van der Waals surface area contributed by atoms with E-state index in [4.69, 9.17) is 4.74 Å². The lowest BCUT2D eigenvalue weighted by molar-refractivity contribution is -0.145. The lowest BCUT2D eigenvalue weighted by atomic mass is 9.59. The van der Waals surface area contributed by atoms with Crippen LogP contribution in [-0.2, 0) is 9.53 Å². The zero-order chi connectivity index (χ0) is 15.7. The Balaban J connectivity index is 1.71. The smallest absolute Gasteiger partial charge is 0.310 e. The highest BCUT2D eigenvalue weighted by Gasteiger charge is 2.52. The van der Waals surface area contributed by atoms with Crippen LogP contribution in [0, 0.1) is 17.3 Å². The largest absolute Gasteiger partial charge is 0.462 e. The van der Waals surface area contributed by atoms with Crippen LogP contribution < -0.4 is 5.32 Å². The summed E-state index contributed by atoms with van der Waals surface area (Å²) in [6.07, 6.45) is 8.46. The summed E-state index contributed by atoms with van der Waals surface area (Å²) < 4.78 is 5.78. The Hall–Kier alpha value is -0.830. The molecule has 4 atom stereocenters. The first-order valence-corrected chi connectivity index (χ1v) is 9.15. The second-order valence-corrected chi connectivity index (χ2v) is 7.88. The van der Waals surface area contributed by atoms with Crippen molar-refractivity contribution in [1.82, 2.24) is 5.32 Å². The number of rotatable bonds is 5. The lowest BCUT2D eigenvalue weighted by Crippen LogP contribution is -2.40. The second-order valence-electron chi connectivity index (χ2n) is 7.88. The van der Waals surface area contributed by atoms with E-state index in [1.165, 1.54) is 32.1 Å². The molecule has 0 bridgehead atoms. The van der Waals surface area contributed by atoms with Gasteiger partial charge in [-0.15, -0.1) is 0 Å². The number of carbonyl (C=O) groups excluding carboxylic acids is 1. The highest BCUT2D eigenvalue weighted by atomic mass is 16.6. The van der Waals surface area contributed by atoms with Gasteiger partial charge in [0.2, 0.25) is 0 Å². The molecule has 0 aromatic heterocycles. The van der Waals surface area contributed by atoms with Crippen LogP contribution >= 0.6 is 0 Å². The first kappa shape index (κ1) is 16.0. The van der Waals surface area contributed by atoms with E-state index < -0.39 is 0 Å². The maximum Gasteiger partial charge on any atom is 0.310 e. The minimum absolute atomic E-state index is 0.0412. The molecule has 2 fully saturated rings. The highest BCUT2D eigenvalue weighted by molar-refractivity contribution is 5.76. The summed E-state index contributed by atoms with van der Waals surface area (Å²) in [4.78, 5) is 12.3. The molecule has 3 heteroatoms. The van der Waals surface area contributed by atoms with Gasteiger partial charge in [-0.25, -0.2) is 0 Å². The van der Waals surface area contributed by atoms with Crippen LogP contribution in [-0.4, -0.2) is 25.2 Å². The van der Waals surface area contributed by atoms with Crippen LogP contribution in [0.4, 0.5) is 0 Å². The molecule has 22 heavy (non-hydrogen) atoms. The Morgan fingerprint density at radius 1 is 1.41 bits per heavy atom. The second kappa shape index (κ2) is 6.35. The fraction of sp³-hybridized carbons (Fsp3) is 0.842. The van der Waals surface area contributed by atoms with Crippen molar-refractivity contribution < 1.29 is 9.53 Å². The molecule has 3 aliphatic rings. The molecule has 1 saturated carbocycles. The van der Waals surface area contributed by atoms with Gasteiger partial charge in [-0.2, -0.15) is 0 Å². The minimum Gasteiger partial charge on any atom is -0.462 e.